The van der Waals surface area contributed by atoms with Crippen molar-refractivity contribution in [2.45, 2.75) is 26.2 Å². The second-order valence-corrected chi connectivity index (χ2v) is 5.88. The normalized spacial score (nSPS) is 13.1. The van der Waals surface area contributed by atoms with E-state index in [0.29, 0.717) is 6.42 Å². The first kappa shape index (κ1) is 13.9. The fraction of sp³-hybridized carbons (Fsp3) is 1.00. The summed E-state index contributed by atoms with van der Waals surface area (Å²) in [5.74, 6) is -0.235. The zero-order valence-electron chi connectivity index (χ0n) is 9.32. The third-order valence-corrected chi connectivity index (χ3v) is 3.06. The summed E-state index contributed by atoms with van der Waals surface area (Å²) in [6, 6.07) is 0. The van der Waals surface area contributed by atoms with E-state index in [4.69, 9.17) is 0 Å². The smallest absolute Gasteiger partial charge is 0.0948 e. The summed E-state index contributed by atoms with van der Waals surface area (Å²) in [6.07, 6.45) is 2.74. The van der Waals surface area contributed by atoms with Crippen molar-refractivity contribution in [3.8, 4) is 0 Å². The lowest BCUT2D eigenvalue weighted by Gasteiger charge is -2.29. The van der Waals surface area contributed by atoms with Gasteiger partial charge in [-0.25, -0.2) is 8.42 Å². The lowest BCUT2D eigenvalue weighted by Crippen LogP contribution is -2.41. The van der Waals surface area contributed by atoms with Crippen LogP contribution in [0.1, 0.15) is 26.2 Å². The molecule has 0 aliphatic heterocycles. The summed E-state index contributed by atoms with van der Waals surface area (Å²) in [5.41, 5.74) is 0. The number of hydrogen-bond donors (Lipinski definition) is 0. The highest BCUT2D eigenvalue weighted by Gasteiger charge is 2.13. The van der Waals surface area contributed by atoms with Crippen molar-refractivity contribution in [3.05, 3.63) is 0 Å². The molecule has 4 nitrogen and oxygen atoms in total. The lowest BCUT2D eigenvalue weighted by molar-refractivity contribution is -0.890. The zero-order chi connectivity index (χ0) is 11.2. The Kier molecular flexibility index (Phi) is 5.63. The highest BCUT2D eigenvalue weighted by Crippen LogP contribution is 2.03. The first-order valence-corrected chi connectivity index (χ1v) is 6.60. The molecule has 0 amide bonds. The van der Waals surface area contributed by atoms with Crippen LogP contribution in [0.5, 0.6) is 0 Å². The highest BCUT2D eigenvalue weighted by atomic mass is 32.2. The predicted octanol–water partition coefficient (Wildman–Crippen LogP) is 0.798. The minimum Gasteiger partial charge on any atom is -0.748 e. The van der Waals surface area contributed by atoms with Gasteiger partial charge in [-0.3, -0.25) is 0 Å². The van der Waals surface area contributed by atoms with E-state index in [0.717, 1.165) is 30.4 Å². The molecule has 0 atom stereocenters. The minimum absolute atomic E-state index is 0.235. The van der Waals surface area contributed by atoms with E-state index in [1.807, 2.05) is 0 Å². The SMILES string of the molecule is CCCC[N+](C)(C)CCCS(=O)(=O)[O-]. The highest BCUT2D eigenvalue weighted by molar-refractivity contribution is 7.85. The Morgan fingerprint density at radius 2 is 1.64 bits per heavy atom. The Bertz CT molecular complexity index is 247. The molecule has 0 unspecified atom stereocenters. The van der Waals surface area contributed by atoms with Crippen LogP contribution in [0, 0.1) is 0 Å². The molecule has 0 heterocycles. The number of unbranched alkanes of at least 4 members (excludes halogenated alkanes) is 1. The molecule has 0 aromatic heterocycles. The quantitative estimate of drug-likeness (QED) is 0.474. The van der Waals surface area contributed by atoms with Crippen molar-refractivity contribution in [2.75, 3.05) is 32.9 Å². The fourth-order valence-electron chi connectivity index (χ4n) is 1.37. The second-order valence-electron chi connectivity index (χ2n) is 4.35. The minimum atomic E-state index is -4.03. The molecular weight excluding hydrogens is 202 g/mol. The van der Waals surface area contributed by atoms with Crippen LogP contribution in [0.25, 0.3) is 0 Å². The van der Waals surface area contributed by atoms with Gasteiger partial charge < -0.3 is 9.04 Å². The molecule has 0 aliphatic carbocycles. The predicted molar refractivity (Wildman–Crippen MR) is 55.9 cm³/mol. The van der Waals surface area contributed by atoms with Crippen LogP contribution in [0.15, 0.2) is 0 Å². The third-order valence-electron chi connectivity index (χ3n) is 2.27. The molecule has 0 saturated carbocycles. The van der Waals surface area contributed by atoms with Crippen LogP contribution >= 0.6 is 0 Å². The number of quaternary nitrogens is 1. The average Bonchev–Trinajstić information content (AvgIpc) is 1.98. The monoisotopic (exact) mass is 223 g/mol. The van der Waals surface area contributed by atoms with E-state index >= 15 is 0 Å². The average molecular weight is 223 g/mol. The summed E-state index contributed by atoms with van der Waals surface area (Å²) in [4.78, 5) is 0. The van der Waals surface area contributed by atoms with Gasteiger partial charge in [0, 0.05) is 12.2 Å². The Balaban J connectivity index is 3.76. The molecule has 0 aliphatic rings. The van der Waals surface area contributed by atoms with E-state index in [2.05, 4.69) is 21.0 Å². The first-order valence-electron chi connectivity index (χ1n) is 5.02. The van der Waals surface area contributed by atoms with Crippen molar-refractivity contribution < 1.29 is 17.5 Å². The Morgan fingerprint density at radius 3 is 2.07 bits per heavy atom. The van der Waals surface area contributed by atoms with E-state index < -0.39 is 10.1 Å². The van der Waals surface area contributed by atoms with Crippen LogP contribution in [0.4, 0.5) is 0 Å². The van der Waals surface area contributed by atoms with Gasteiger partial charge in [-0.05, 0) is 6.42 Å². The van der Waals surface area contributed by atoms with Gasteiger partial charge in [0.25, 0.3) is 0 Å². The van der Waals surface area contributed by atoms with Crippen molar-refractivity contribution in [2.24, 2.45) is 0 Å². The van der Waals surface area contributed by atoms with E-state index in [1.54, 1.807) is 0 Å². The van der Waals surface area contributed by atoms with Gasteiger partial charge in [0.05, 0.1) is 37.3 Å². The molecule has 0 bridgehead atoms. The third kappa shape index (κ3) is 8.47. The topological polar surface area (TPSA) is 57.2 Å². The number of hydrogen-bond acceptors (Lipinski definition) is 3. The fourth-order valence-corrected chi connectivity index (χ4v) is 1.85. The molecule has 86 valence electrons. The summed E-state index contributed by atoms with van der Waals surface area (Å²) < 4.78 is 31.9. The van der Waals surface area contributed by atoms with Gasteiger partial charge in [0.15, 0.2) is 0 Å². The largest absolute Gasteiger partial charge is 0.748 e. The molecule has 0 spiro atoms. The molecule has 0 aromatic carbocycles. The van der Waals surface area contributed by atoms with Gasteiger partial charge in [-0.1, -0.05) is 13.3 Å². The Morgan fingerprint density at radius 1 is 1.14 bits per heavy atom. The molecule has 0 rings (SSSR count). The van der Waals surface area contributed by atoms with E-state index in [1.165, 1.54) is 0 Å². The zero-order valence-corrected chi connectivity index (χ0v) is 10.1. The number of rotatable bonds is 7. The van der Waals surface area contributed by atoms with Gasteiger partial charge in [0.2, 0.25) is 0 Å². The van der Waals surface area contributed by atoms with Crippen LogP contribution in [-0.2, 0) is 10.1 Å². The molecule has 14 heavy (non-hydrogen) atoms. The van der Waals surface area contributed by atoms with Crippen molar-refractivity contribution >= 4 is 10.1 Å². The van der Waals surface area contributed by atoms with E-state index in [9.17, 15) is 13.0 Å². The second kappa shape index (κ2) is 5.68. The van der Waals surface area contributed by atoms with Gasteiger partial charge in [-0.15, -0.1) is 0 Å². The maximum Gasteiger partial charge on any atom is 0.0948 e. The van der Waals surface area contributed by atoms with Crippen LogP contribution < -0.4 is 0 Å². The van der Waals surface area contributed by atoms with Crippen LogP contribution in [-0.4, -0.2) is 50.4 Å². The Labute approximate surface area is 87.3 Å². The summed E-state index contributed by atoms with van der Waals surface area (Å²) >= 11 is 0. The summed E-state index contributed by atoms with van der Waals surface area (Å²) in [5, 5.41) is 0. The summed E-state index contributed by atoms with van der Waals surface area (Å²) in [6.45, 7) is 3.92. The van der Waals surface area contributed by atoms with Crippen LogP contribution in [0.2, 0.25) is 0 Å². The van der Waals surface area contributed by atoms with E-state index in [-0.39, 0.29) is 5.75 Å². The standard InChI is InChI=1S/C9H21NO3S/c1-4-5-7-10(2,3)8-6-9-14(11,12)13/h4-9H2,1-3H3. The molecule has 0 fully saturated rings. The maximum absolute atomic E-state index is 10.4. The Hall–Kier alpha value is -0.130. The molecular formula is C9H21NO3S. The van der Waals surface area contributed by atoms with Gasteiger partial charge in [0.1, 0.15) is 0 Å². The molecule has 0 saturated heterocycles. The summed E-state index contributed by atoms with van der Waals surface area (Å²) in [7, 11) is 0.0981. The van der Waals surface area contributed by atoms with Gasteiger partial charge in [-0.2, -0.15) is 0 Å². The molecule has 0 radical (unpaired) electrons. The van der Waals surface area contributed by atoms with Gasteiger partial charge >= 0.3 is 0 Å². The van der Waals surface area contributed by atoms with Crippen molar-refractivity contribution in [3.63, 3.8) is 0 Å². The molecule has 0 N–H and O–H groups in total. The lowest BCUT2D eigenvalue weighted by atomic mass is 10.3. The molecule has 0 aromatic rings. The molecule has 5 heteroatoms. The maximum atomic E-state index is 10.4. The first-order chi connectivity index (χ1) is 6.27. The van der Waals surface area contributed by atoms with Crippen molar-refractivity contribution in [1.29, 1.82) is 0 Å². The number of nitrogens with zero attached hydrogens (tertiary/aromatic N) is 1. The van der Waals surface area contributed by atoms with Crippen LogP contribution in [0.3, 0.4) is 0 Å². The van der Waals surface area contributed by atoms with Crippen molar-refractivity contribution in [1.82, 2.24) is 0 Å².